The first-order chi connectivity index (χ1) is 17.0. The molecule has 1 aliphatic rings. The molecule has 0 unspecified atom stereocenters. The quantitative estimate of drug-likeness (QED) is 0.460. The maximum atomic E-state index is 13.9. The Bertz CT molecular complexity index is 1350. The summed E-state index contributed by atoms with van der Waals surface area (Å²) in [5.41, 5.74) is 2.43. The molecule has 0 fully saturated rings. The van der Waals surface area contributed by atoms with Gasteiger partial charge in [0.1, 0.15) is 17.0 Å². The summed E-state index contributed by atoms with van der Waals surface area (Å²) in [4.78, 5) is 29.1. The van der Waals surface area contributed by atoms with E-state index in [-0.39, 0.29) is 18.4 Å². The third kappa shape index (κ3) is 4.17. The number of rotatable bonds is 6. The Kier molecular flexibility index (Phi) is 5.82. The van der Waals surface area contributed by atoms with Crippen LogP contribution in [0.2, 0.25) is 0 Å². The topological polar surface area (TPSA) is 76.5 Å². The first kappa shape index (κ1) is 22.4. The van der Waals surface area contributed by atoms with Crippen molar-refractivity contribution in [2.24, 2.45) is 0 Å². The Morgan fingerprint density at radius 2 is 1.66 bits per heavy atom. The normalized spacial score (nSPS) is 17.1. The fourth-order valence-corrected chi connectivity index (χ4v) is 4.44. The number of carbonyl (C=O) groups excluding carboxylic acids is 2. The lowest BCUT2D eigenvalue weighted by Crippen LogP contribution is -2.64. The lowest BCUT2D eigenvalue weighted by atomic mass is 9.93. The van der Waals surface area contributed by atoms with Gasteiger partial charge in [0.05, 0.1) is 19.3 Å². The molecule has 1 N–H and O–H groups in total. The van der Waals surface area contributed by atoms with Gasteiger partial charge >= 0.3 is 0 Å². The Labute approximate surface area is 204 Å². The van der Waals surface area contributed by atoms with Gasteiger partial charge in [-0.2, -0.15) is 5.10 Å². The third-order valence-corrected chi connectivity index (χ3v) is 6.34. The van der Waals surface area contributed by atoms with Gasteiger partial charge in [-0.15, -0.1) is 0 Å². The second-order valence-electron chi connectivity index (χ2n) is 8.72. The largest absolute Gasteiger partial charge is 0.497 e. The molecule has 7 heteroatoms. The van der Waals surface area contributed by atoms with Crippen LogP contribution in [0.25, 0.3) is 11.3 Å². The van der Waals surface area contributed by atoms with Crippen LogP contribution in [0.4, 0.5) is 5.69 Å². The molecule has 7 nitrogen and oxygen atoms in total. The van der Waals surface area contributed by atoms with E-state index in [0.29, 0.717) is 29.4 Å². The number of hydrogen-bond donors (Lipinski definition) is 1. The molecule has 1 aliphatic heterocycles. The van der Waals surface area contributed by atoms with E-state index in [0.717, 1.165) is 11.1 Å². The average molecular weight is 467 g/mol. The van der Waals surface area contributed by atoms with Crippen LogP contribution in [0.3, 0.4) is 0 Å². The molecule has 2 amide bonds. The van der Waals surface area contributed by atoms with Gasteiger partial charge in [0.2, 0.25) is 5.91 Å². The number of nitrogens with one attached hydrogen (secondary N) is 1. The van der Waals surface area contributed by atoms with Crippen LogP contribution < -0.4 is 15.0 Å². The fourth-order valence-electron chi connectivity index (χ4n) is 4.44. The summed E-state index contributed by atoms with van der Waals surface area (Å²) in [7, 11) is 1.59. The molecule has 35 heavy (non-hydrogen) atoms. The number of aromatic nitrogens is 2. The number of nitrogens with zero attached hydrogens (tertiary/aromatic N) is 3. The van der Waals surface area contributed by atoms with Gasteiger partial charge in [0.15, 0.2) is 0 Å². The molecule has 0 bridgehead atoms. The second-order valence-corrected chi connectivity index (χ2v) is 8.72. The Balaban J connectivity index is 1.54. The van der Waals surface area contributed by atoms with E-state index in [1.165, 1.54) is 0 Å². The molecule has 1 atom stereocenters. The van der Waals surface area contributed by atoms with Crippen molar-refractivity contribution in [1.29, 1.82) is 0 Å². The maximum absolute atomic E-state index is 13.9. The van der Waals surface area contributed by atoms with Gasteiger partial charge in [-0.25, -0.2) is 0 Å². The van der Waals surface area contributed by atoms with Crippen LogP contribution in [0.5, 0.6) is 5.75 Å². The highest BCUT2D eigenvalue weighted by Gasteiger charge is 2.48. The van der Waals surface area contributed by atoms with E-state index < -0.39 is 5.54 Å². The standard InChI is InChI=1S/C28H26N4O3/c1-28(27(34)29-18-20-9-5-3-6-10-20)19-31-25(17-24(30-31)21-11-7-4-8-12-21)26(33)32(28)22-13-15-23(35-2)16-14-22/h3-17H,18-19H2,1-2H3,(H,29,34)/t28-/m1/s1. The zero-order valence-electron chi connectivity index (χ0n) is 19.6. The van der Waals surface area contributed by atoms with Crippen molar-refractivity contribution in [2.75, 3.05) is 12.0 Å². The third-order valence-electron chi connectivity index (χ3n) is 6.34. The lowest BCUT2D eigenvalue weighted by Gasteiger charge is -2.43. The fraction of sp³-hybridized carbons (Fsp3) is 0.179. The summed E-state index contributed by atoms with van der Waals surface area (Å²) >= 11 is 0. The molecule has 0 spiro atoms. The van der Waals surface area contributed by atoms with Gasteiger partial charge < -0.3 is 10.1 Å². The Morgan fingerprint density at radius 3 is 2.31 bits per heavy atom. The number of fused-ring (bicyclic) bond motifs is 1. The summed E-state index contributed by atoms with van der Waals surface area (Å²) in [6.45, 7) is 2.36. The molecular formula is C28H26N4O3. The second kappa shape index (κ2) is 9.10. The predicted octanol–water partition coefficient (Wildman–Crippen LogP) is 4.29. The molecular weight excluding hydrogens is 440 g/mol. The van der Waals surface area contributed by atoms with E-state index in [1.807, 2.05) is 60.7 Å². The minimum atomic E-state index is -1.20. The van der Waals surface area contributed by atoms with Crippen LogP contribution in [-0.2, 0) is 17.9 Å². The van der Waals surface area contributed by atoms with Gasteiger partial charge in [0, 0.05) is 17.8 Å². The van der Waals surface area contributed by atoms with Crippen LogP contribution in [-0.4, -0.2) is 34.2 Å². The smallest absolute Gasteiger partial charge is 0.277 e. The minimum absolute atomic E-state index is 0.216. The molecule has 0 saturated heterocycles. The molecule has 1 aromatic heterocycles. The number of anilines is 1. The average Bonchev–Trinajstić information content (AvgIpc) is 3.33. The van der Waals surface area contributed by atoms with Crippen molar-refractivity contribution < 1.29 is 14.3 Å². The Hall–Kier alpha value is -4.39. The predicted molar refractivity (Wildman–Crippen MR) is 134 cm³/mol. The van der Waals surface area contributed by atoms with E-state index in [9.17, 15) is 9.59 Å². The SMILES string of the molecule is COc1ccc(N2C(=O)c3cc(-c4ccccc4)nn3C[C@]2(C)C(=O)NCc2ccccc2)cc1. The van der Waals surface area contributed by atoms with Crippen LogP contribution >= 0.6 is 0 Å². The lowest BCUT2D eigenvalue weighted by molar-refractivity contribution is -0.126. The molecule has 5 rings (SSSR count). The van der Waals surface area contributed by atoms with Crippen molar-refractivity contribution in [3.8, 4) is 17.0 Å². The summed E-state index contributed by atoms with van der Waals surface area (Å²) in [5.74, 6) is 0.131. The zero-order valence-corrected chi connectivity index (χ0v) is 19.6. The van der Waals surface area contributed by atoms with Crippen LogP contribution in [0.1, 0.15) is 23.0 Å². The summed E-state index contributed by atoms with van der Waals surface area (Å²) in [5, 5.41) is 7.71. The number of benzene rings is 3. The number of ether oxygens (including phenoxy) is 1. The number of amides is 2. The molecule has 176 valence electrons. The monoisotopic (exact) mass is 466 g/mol. The van der Waals surface area contributed by atoms with Crippen molar-refractivity contribution >= 4 is 17.5 Å². The molecule has 0 radical (unpaired) electrons. The van der Waals surface area contributed by atoms with E-state index >= 15 is 0 Å². The number of carbonyl (C=O) groups is 2. The summed E-state index contributed by atoms with van der Waals surface area (Å²) in [6.07, 6.45) is 0. The van der Waals surface area contributed by atoms with Crippen molar-refractivity contribution in [3.63, 3.8) is 0 Å². The van der Waals surface area contributed by atoms with Crippen LogP contribution in [0, 0.1) is 0 Å². The van der Waals surface area contributed by atoms with Crippen LogP contribution in [0.15, 0.2) is 91.0 Å². The Morgan fingerprint density at radius 1 is 1.00 bits per heavy atom. The molecule has 0 aliphatic carbocycles. The first-order valence-electron chi connectivity index (χ1n) is 11.4. The van der Waals surface area contributed by atoms with Gasteiger partial charge in [-0.05, 0) is 42.8 Å². The van der Waals surface area contributed by atoms with E-state index in [4.69, 9.17) is 9.84 Å². The summed E-state index contributed by atoms with van der Waals surface area (Å²) in [6, 6.07) is 28.3. The van der Waals surface area contributed by atoms with Gasteiger partial charge in [-0.1, -0.05) is 60.7 Å². The first-order valence-corrected chi connectivity index (χ1v) is 11.4. The molecule has 0 saturated carbocycles. The zero-order chi connectivity index (χ0) is 24.4. The van der Waals surface area contributed by atoms with E-state index in [1.54, 1.807) is 53.9 Å². The van der Waals surface area contributed by atoms with Crippen molar-refractivity contribution in [1.82, 2.24) is 15.1 Å². The molecule has 4 aromatic rings. The summed E-state index contributed by atoms with van der Waals surface area (Å²) < 4.78 is 6.93. The molecule has 2 heterocycles. The van der Waals surface area contributed by atoms with Gasteiger partial charge in [-0.3, -0.25) is 19.2 Å². The van der Waals surface area contributed by atoms with Crippen molar-refractivity contribution in [2.45, 2.75) is 25.6 Å². The minimum Gasteiger partial charge on any atom is -0.497 e. The van der Waals surface area contributed by atoms with Gasteiger partial charge in [0.25, 0.3) is 5.91 Å². The van der Waals surface area contributed by atoms with Crippen molar-refractivity contribution in [3.05, 3.63) is 102 Å². The highest BCUT2D eigenvalue weighted by molar-refractivity contribution is 6.12. The molecule has 3 aromatic carbocycles. The van der Waals surface area contributed by atoms with E-state index in [2.05, 4.69) is 5.32 Å². The maximum Gasteiger partial charge on any atom is 0.277 e. The number of methoxy groups -OCH3 is 1. The number of hydrogen-bond acceptors (Lipinski definition) is 4. The highest BCUT2D eigenvalue weighted by Crippen LogP contribution is 2.35. The highest BCUT2D eigenvalue weighted by atomic mass is 16.5.